The number of hydrogen-bond donors (Lipinski definition) is 2. The quantitative estimate of drug-likeness (QED) is 0.880. The van der Waals surface area contributed by atoms with Crippen LogP contribution in [0.1, 0.15) is 40.0 Å². The van der Waals surface area contributed by atoms with Crippen LogP contribution in [-0.2, 0) is 0 Å². The van der Waals surface area contributed by atoms with Crippen molar-refractivity contribution in [1.82, 2.24) is 0 Å². The molecule has 0 spiro atoms. The van der Waals surface area contributed by atoms with Crippen LogP contribution in [0.4, 0.5) is 10.1 Å². The fourth-order valence-electron chi connectivity index (χ4n) is 2.35. The van der Waals surface area contributed by atoms with Crippen molar-refractivity contribution in [3.05, 3.63) is 64.5 Å². The molecule has 0 heterocycles. The Balaban J connectivity index is 2.28. The average Bonchev–Trinajstić information content (AvgIpc) is 2.39. The SMILES string of the molecule is Cc1cc(C)cc(C(C)Nc2cc(C(=O)O)ccc2F)c1. The van der Waals surface area contributed by atoms with Crippen LogP contribution in [-0.4, -0.2) is 11.1 Å². The van der Waals surface area contributed by atoms with Crippen molar-refractivity contribution in [2.24, 2.45) is 0 Å². The number of rotatable bonds is 4. The number of carbonyl (C=O) groups is 1. The molecule has 0 saturated carbocycles. The Kier molecular flexibility index (Phi) is 4.26. The van der Waals surface area contributed by atoms with Crippen LogP contribution in [0, 0.1) is 19.7 Å². The Morgan fingerprint density at radius 3 is 2.33 bits per heavy atom. The van der Waals surface area contributed by atoms with Crippen molar-refractivity contribution in [2.45, 2.75) is 26.8 Å². The van der Waals surface area contributed by atoms with Gasteiger partial charge in [0.05, 0.1) is 11.3 Å². The minimum atomic E-state index is -1.07. The highest BCUT2D eigenvalue weighted by molar-refractivity contribution is 5.88. The lowest BCUT2D eigenvalue weighted by atomic mass is 10.0. The summed E-state index contributed by atoms with van der Waals surface area (Å²) in [5.41, 5.74) is 3.57. The number of halogens is 1. The second-order valence-corrected chi connectivity index (χ2v) is 5.29. The molecule has 21 heavy (non-hydrogen) atoms. The summed E-state index contributed by atoms with van der Waals surface area (Å²) >= 11 is 0. The van der Waals surface area contributed by atoms with E-state index in [0.717, 1.165) is 16.7 Å². The highest BCUT2D eigenvalue weighted by Gasteiger charge is 2.12. The second-order valence-electron chi connectivity index (χ2n) is 5.29. The van der Waals surface area contributed by atoms with E-state index in [1.807, 2.05) is 32.9 Å². The van der Waals surface area contributed by atoms with Gasteiger partial charge in [-0.25, -0.2) is 9.18 Å². The maximum atomic E-state index is 13.8. The number of carboxylic acid groups (broad SMARTS) is 1. The molecular formula is C17H18FNO2. The van der Waals surface area contributed by atoms with Crippen molar-refractivity contribution in [3.8, 4) is 0 Å². The Morgan fingerprint density at radius 1 is 1.14 bits per heavy atom. The number of hydrogen-bond acceptors (Lipinski definition) is 2. The Labute approximate surface area is 123 Å². The van der Waals surface area contributed by atoms with Crippen LogP contribution in [0.2, 0.25) is 0 Å². The van der Waals surface area contributed by atoms with Crippen molar-refractivity contribution in [2.75, 3.05) is 5.32 Å². The van der Waals surface area contributed by atoms with E-state index in [1.54, 1.807) is 0 Å². The van der Waals surface area contributed by atoms with Gasteiger partial charge < -0.3 is 10.4 Å². The van der Waals surface area contributed by atoms with Gasteiger partial charge in [0, 0.05) is 6.04 Å². The molecule has 2 aromatic rings. The van der Waals surface area contributed by atoms with E-state index in [0.29, 0.717) is 0 Å². The lowest BCUT2D eigenvalue weighted by molar-refractivity contribution is 0.0697. The third kappa shape index (κ3) is 3.60. The predicted molar refractivity (Wildman–Crippen MR) is 81.3 cm³/mol. The number of benzene rings is 2. The molecule has 0 aliphatic carbocycles. The summed E-state index contributed by atoms with van der Waals surface area (Å²) in [4.78, 5) is 11.0. The van der Waals surface area contributed by atoms with Gasteiger partial charge in [0.2, 0.25) is 0 Å². The molecule has 0 fully saturated rings. The first-order chi connectivity index (χ1) is 9.86. The zero-order valence-corrected chi connectivity index (χ0v) is 12.3. The summed E-state index contributed by atoms with van der Waals surface area (Å²) in [6.45, 7) is 5.94. The van der Waals surface area contributed by atoms with Crippen LogP contribution in [0.25, 0.3) is 0 Å². The molecule has 1 unspecified atom stereocenters. The summed E-state index contributed by atoms with van der Waals surface area (Å²) in [6.07, 6.45) is 0. The number of aromatic carboxylic acids is 1. The summed E-state index contributed by atoms with van der Waals surface area (Å²) in [7, 11) is 0. The lowest BCUT2D eigenvalue weighted by Gasteiger charge is -2.18. The molecule has 0 amide bonds. The predicted octanol–water partition coefficient (Wildman–Crippen LogP) is 4.31. The van der Waals surface area contributed by atoms with E-state index >= 15 is 0 Å². The van der Waals surface area contributed by atoms with E-state index in [4.69, 9.17) is 5.11 Å². The first-order valence-electron chi connectivity index (χ1n) is 6.74. The number of nitrogens with one attached hydrogen (secondary N) is 1. The Morgan fingerprint density at radius 2 is 1.76 bits per heavy atom. The van der Waals surface area contributed by atoms with Gasteiger partial charge in [-0.1, -0.05) is 29.3 Å². The first kappa shape index (κ1) is 15.0. The van der Waals surface area contributed by atoms with Crippen LogP contribution in [0.3, 0.4) is 0 Å². The van der Waals surface area contributed by atoms with E-state index in [2.05, 4.69) is 11.4 Å². The molecule has 0 aliphatic rings. The van der Waals surface area contributed by atoms with Crippen molar-refractivity contribution in [1.29, 1.82) is 0 Å². The molecule has 110 valence electrons. The summed E-state index contributed by atoms with van der Waals surface area (Å²) in [5, 5.41) is 12.0. The number of aryl methyl sites for hydroxylation is 2. The molecule has 2 N–H and O–H groups in total. The fourth-order valence-corrected chi connectivity index (χ4v) is 2.35. The minimum Gasteiger partial charge on any atom is -0.478 e. The van der Waals surface area contributed by atoms with Gasteiger partial charge in [-0.2, -0.15) is 0 Å². The molecule has 0 bridgehead atoms. The van der Waals surface area contributed by atoms with Gasteiger partial charge in [0.25, 0.3) is 0 Å². The van der Waals surface area contributed by atoms with Crippen LogP contribution in [0.5, 0.6) is 0 Å². The lowest BCUT2D eigenvalue weighted by Crippen LogP contribution is -2.09. The minimum absolute atomic E-state index is 0.0616. The van der Waals surface area contributed by atoms with Gasteiger partial charge in [-0.3, -0.25) is 0 Å². The molecule has 3 nitrogen and oxygen atoms in total. The summed E-state index contributed by atoms with van der Waals surface area (Å²) < 4.78 is 13.8. The summed E-state index contributed by atoms with van der Waals surface area (Å²) in [5.74, 6) is -1.53. The van der Waals surface area contributed by atoms with E-state index in [1.165, 1.54) is 18.2 Å². The smallest absolute Gasteiger partial charge is 0.335 e. The highest BCUT2D eigenvalue weighted by atomic mass is 19.1. The van der Waals surface area contributed by atoms with Crippen LogP contribution in [0.15, 0.2) is 36.4 Å². The molecule has 0 aliphatic heterocycles. The van der Waals surface area contributed by atoms with Gasteiger partial charge >= 0.3 is 5.97 Å². The highest BCUT2D eigenvalue weighted by Crippen LogP contribution is 2.24. The van der Waals surface area contributed by atoms with Crippen LogP contribution < -0.4 is 5.32 Å². The average molecular weight is 287 g/mol. The molecule has 0 aromatic heterocycles. The second kappa shape index (κ2) is 5.95. The monoisotopic (exact) mass is 287 g/mol. The zero-order chi connectivity index (χ0) is 15.6. The van der Waals surface area contributed by atoms with Gasteiger partial charge in [0.15, 0.2) is 0 Å². The Hall–Kier alpha value is -2.36. The van der Waals surface area contributed by atoms with Gasteiger partial charge in [-0.15, -0.1) is 0 Å². The molecular weight excluding hydrogens is 269 g/mol. The van der Waals surface area contributed by atoms with E-state index < -0.39 is 11.8 Å². The van der Waals surface area contributed by atoms with Gasteiger partial charge in [-0.05, 0) is 44.5 Å². The number of carboxylic acids is 1. The molecule has 2 rings (SSSR count). The standard InChI is InChI=1S/C17H18FNO2/c1-10-6-11(2)8-14(7-10)12(3)19-16-9-13(17(20)21)4-5-15(16)18/h4-9,12,19H,1-3H3,(H,20,21). The maximum absolute atomic E-state index is 13.8. The Bertz CT molecular complexity index is 662. The van der Waals surface area contributed by atoms with E-state index in [9.17, 15) is 9.18 Å². The van der Waals surface area contributed by atoms with Crippen molar-refractivity contribution >= 4 is 11.7 Å². The van der Waals surface area contributed by atoms with Crippen molar-refractivity contribution in [3.63, 3.8) is 0 Å². The molecule has 0 saturated heterocycles. The fraction of sp³-hybridized carbons (Fsp3) is 0.235. The largest absolute Gasteiger partial charge is 0.478 e. The number of anilines is 1. The van der Waals surface area contributed by atoms with Gasteiger partial charge in [0.1, 0.15) is 5.82 Å². The van der Waals surface area contributed by atoms with Crippen LogP contribution >= 0.6 is 0 Å². The molecule has 4 heteroatoms. The third-order valence-electron chi connectivity index (χ3n) is 3.33. The topological polar surface area (TPSA) is 49.3 Å². The first-order valence-corrected chi connectivity index (χ1v) is 6.74. The molecule has 1 atom stereocenters. The summed E-state index contributed by atoms with van der Waals surface area (Å²) in [6, 6.07) is 9.75. The van der Waals surface area contributed by atoms with E-state index in [-0.39, 0.29) is 17.3 Å². The van der Waals surface area contributed by atoms with Crippen molar-refractivity contribution < 1.29 is 14.3 Å². The maximum Gasteiger partial charge on any atom is 0.335 e. The molecule has 2 aromatic carbocycles. The molecule has 0 radical (unpaired) electrons. The zero-order valence-electron chi connectivity index (χ0n) is 12.3. The normalized spacial score (nSPS) is 12.0. The third-order valence-corrected chi connectivity index (χ3v) is 3.33.